The van der Waals surface area contributed by atoms with Gasteiger partial charge in [-0.25, -0.2) is 0 Å². The number of rotatable bonds is 2. The third kappa shape index (κ3) is 2.06. The Bertz CT molecular complexity index is 393. The summed E-state index contributed by atoms with van der Waals surface area (Å²) in [6.07, 6.45) is 0. The molecule has 0 saturated carbocycles. The first kappa shape index (κ1) is 11.8. The van der Waals surface area contributed by atoms with Crippen LogP contribution in [0.1, 0.15) is 27.8 Å². The van der Waals surface area contributed by atoms with Crippen LogP contribution in [0.3, 0.4) is 0 Å². The molecule has 0 atom stereocenters. The van der Waals surface area contributed by atoms with Crippen LogP contribution in [0.2, 0.25) is 0 Å². The summed E-state index contributed by atoms with van der Waals surface area (Å²) in [4.78, 5) is 10.7. The van der Waals surface area contributed by atoms with Crippen molar-refractivity contribution in [2.75, 3.05) is 0 Å². The highest BCUT2D eigenvalue weighted by molar-refractivity contribution is 6.82. The summed E-state index contributed by atoms with van der Waals surface area (Å²) in [5.74, 6) is -0.885. The summed E-state index contributed by atoms with van der Waals surface area (Å²) >= 11 is 0. The number of carbonyl (C=O) groups is 1. The van der Waals surface area contributed by atoms with Crippen LogP contribution in [0.25, 0.3) is 0 Å². The lowest BCUT2D eigenvalue weighted by molar-refractivity contribution is 0.220. The zero-order valence-corrected chi connectivity index (χ0v) is 9.93. The molecule has 3 heteroatoms. The van der Waals surface area contributed by atoms with Gasteiger partial charge in [-0.3, -0.25) is 4.79 Å². The van der Waals surface area contributed by atoms with E-state index in [1.165, 1.54) is 24.0 Å². The zero-order chi connectivity index (χ0) is 11.7. The Kier molecular flexibility index (Phi) is 3.23. The Labute approximate surface area is 91.6 Å². The number of hydrogen-bond donors (Lipinski definition) is 1. The predicted octanol–water partition coefficient (Wildman–Crippen LogP) is 2.24. The lowest BCUT2D eigenvalue weighted by atomic mass is 9.64. The van der Waals surface area contributed by atoms with Crippen molar-refractivity contribution in [3.8, 4) is 0 Å². The van der Waals surface area contributed by atoms with Gasteiger partial charge in [0.2, 0.25) is 5.87 Å². The minimum absolute atomic E-state index is 0.850. The summed E-state index contributed by atoms with van der Waals surface area (Å²) in [5.41, 5.74) is 6.61. The van der Waals surface area contributed by atoms with E-state index in [1.54, 1.807) is 0 Å². The fraction of sp³-hybridized carbons (Fsp3) is 0.417. The third-order valence-corrected chi connectivity index (χ3v) is 3.33. The summed E-state index contributed by atoms with van der Waals surface area (Å²) in [6.45, 7) is 10.1. The van der Waals surface area contributed by atoms with Gasteiger partial charge in [0.1, 0.15) is 0 Å². The second kappa shape index (κ2) is 4.09. The molecule has 0 aromatic heterocycles. The van der Waals surface area contributed by atoms with Crippen LogP contribution in [0, 0.1) is 34.6 Å². The second-order valence-electron chi connectivity index (χ2n) is 4.02. The van der Waals surface area contributed by atoms with Crippen molar-refractivity contribution in [1.82, 2.24) is 0 Å². The quantitative estimate of drug-likeness (QED) is 0.748. The van der Waals surface area contributed by atoms with Gasteiger partial charge in [0, 0.05) is 0 Å². The van der Waals surface area contributed by atoms with E-state index in [2.05, 4.69) is 6.92 Å². The summed E-state index contributed by atoms with van der Waals surface area (Å²) < 4.78 is 0. The minimum Gasteiger partial charge on any atom is -0.489 e. The molecule has 0 aliphatic carbocycles. The molecule has 0 unspecified atom stereocenters. The highest BCUT2D eigenvalue weighted by atomic mass is 16.4. The van der Waals surface area contributed by atoms with Crippen LogP contribution in [0.15, 0.2) is 0 Å². The predicted molar refractivity (Wildman–Crippen MR) is 63.5 cm³/mol. The molecule has 0 bridgehead atoms. The van der Waals surface area contributed by atoms with Crippen molar-refractivity contribution in [3.63, 3.8) is 0 Å². The van der Waals surface area contributed by atoms with Crippen LogP contribution in [0.5, 0.6) is 0 Å². The molecule has 1 rings (SSSR count). The van der Waals surface area contributed by atoms with Crippen molar-refractivity contribution in [1.29, 1.82) is 0 Å². The van der Waals surface area contributed by atoms with E-state index in [0.29, 0.717) is 0 Å². The maximum atomic E-state index is 10.7. The normalized spacial score (nSPS) is 10.2. The van der Waals surface area contributed by atoms with E-state index in [-0.39, 0.29) is 0 Å². The average molecular weight is 203 g/mol. The molecule has 0 spiro atoms. The molecule has 1 aromatic rings. The Balaban J connectivity index is 3.45. The molecular weight excluding hydrogens is 187 g/mol. The lowest BCUT2D eigenvalue weighted by Gasteiger charge is -2.17. The molecule has 1 aromatic carbocycles. The van der Waals surface area contributed by atoms with Gasteiger partial charge >= 0.3 is 0 Å². The standard InChI is InChI=1S/C12H16BO2/c1-6-7(2)9(4)11(13-12(14)15)10(5)8(6)3/h1-5H3,(H,14,15). The second-order valence-corrected chi connectivity index (χ2v) is 4.02. The lowest BCUT2D eigenvalue weighted by Crippen LogP contribution is -2.29. The van der Waals surface area contributed by atoms with E-state index in [4.69, 9.17) is 5.11 Å². The van der Waals surface area contributed by atoms with Crippen LogP contribution in [-0.4, -0.2) is 18.3 Å². The summed E-state index contributed by atoms with van der Waals surface area (Å²) in [7, 11) is 1.30. The molecule has 15 heavy (non-hydrogen) atoms. The number of carboxylic acid groups (broad SMARTS) is 1. The first-order chi connectivity index (χ1) is 6.86. The molecular formula is C12H16BO2. The van der Waals surface area contributed by atoms with Crippen molar-refractivity contribution in [2.45, 2.75) is 34.6 Å². The third-order valence-electron chi connectivity index (χ3n) is 3.33. The van der Waals surface area contributed by atoms with Crippen molar-refractivity contribution >= 4 is 18.6 Å². The molecule has 0 saturated heterocycles. The van der Waals surface area contributed by atoms with E-state index in [9.17, 15) is 4.79 Å². The Hall–Kier alpha value is -1.25. The Morgan fingerprint density at radius 1 is 0.867 bits per heavy atom. The first-order valence-electron chi connectivity index (χ1n) is 5.01. The van der Waals surface area contributed by atoms with E-state index in [1.807, 2.05) is 27.7 Å². The molecule has 2 nitrogen and oxygen atoms in total. The van der Waals surface area contributed by atoms with Crippen LogP contribution < -0.4 is 5.46 Å². The van der Waals surface area contributed by atoms with Gasteiger partial charge in [-0.2, -0.15) is 0 Å². The number of hydrogen-bond acceptors (Lipinski definition) is 1. The molecule has 0 heterocycles. The first-order valence-corrected chi connectivity index (χ1v) is 5.01. The smallest absolute Gasteiger partial charge is 0.299 e. The van der Waals surface area contributed by atoms with Gasteiger partial charge in [0.25, 0.3) is 7.28 Å². The monoisotopic (exact) mass is 203 g/mol. The average Bonchev–Trinajstić information content (AvgIpc) is 2.18. The van der Waals surface area contributed by atoms with Crippen LogP contribution in [-0.2, 0) is 0 Å². The summed E-state index contributed by atoms with van der Waals surface area (Å²) in [5, 5.41) is 8.81. The van der Waals surface area contributed by atoms with E-state index < -0.39 is 5.87 Å². The van der Waals surface area contributed by atoms with Gasteiger partial charge in [0.15, 0.2) is 0 Å². The van der Waals surface area contributed by atoms with Crippen molar-refractivity contribution < 1.29 is 9.90 Å². The highest BCUT2D eigenvalue weighted by Crippen LogP contribution is 2.18. The van der Waals surface area contributed by atoms with Gasteiger partial charge < -0.3 is 5.11 Å². The molecule has 79 valence electrons. The fourth-order valence-corrected chi connectivity index (χ4v) is 1.87. The molecule has 0 fully saturated rings. The maximum absolute atomic E-state index is 10.7. The van der Waals surface area contributed by atoms with E-state index >= 15 is 0 Å². The molecule has 0 aliphatic heterocycles. The van der Waals surface area contributed by atoms with Gasteiger partial charge in [0.05, 0.1) is 0 Å². The van der Waals surface area contributed by atoms with Crippen molar-refractivity contribution in [3.05, 3.63) is 27.8 Å². The van der Waals surface area contributed by atoms with Gasteiger partial charge in [-0.15, -0.1) is 0 Å². The van der Waals surface area contributed by atoms with Crippen LogP contribution >= 0.6 is 0 Å². The minimum atomic E-state index is -0.885. The maximum Gasteiger partial charge on any atom is 0.299 e. The number of benzene rings is 1. The fourth-order valence-electron chi connectivity index (χ4n) is 1.87. The Morgan fingerprint density at radius 2 is 1.20 bits per heavy atom. The van der Waals surface area contributed by atoms with Crippen LogP contribution in [0.4, 0.5) is 4.79 Å². The van der Waals surface area contributed by atoms with E-state index in [0.717, 1.165) is 16.6 Å². The summed E-state index contributed by atoms with van der Waals surface area (Å²) in [6, 6.07) is 0. The molecule has 1 radical (unpaired) electrons. The van der Waals surface area contributed by atoms with Crippen molar-refractivity contribution in [2.24, 2.45) is 0 Å². The molecule has 0 aliphatic rings. The van der Waals surface area contributed by atoms with Gasteiger partial charge in [-0.05, 0) is 51.3 Å². The molecule has 0 amide bonds. The topological polar surface area (TPSA) is 37.3 Å². The molecule has 1 N–H and O–H groups in total. The SMILES string of the molecule is Cc1c(C)c(C)c([B]C(=O)O)c(C)c1C. The Morgan fingerprint density at radius 3 is 1.53 bits per heavy atom. The highest BCUT2D eigenvalue weighted by Gasteiger charge is 2.15. The van der Waals surface area contributed by atoms with Gasteiger partial charge in [-0.1, -0.05) is 16.6 Å². The largest absolute Gasteiger partial charge is 0.489 e. The zero-order valence-electron chi connectivity index (χ0n) is 9.93.